The smallest absolute Gasteiger partial charge is 0.338 e. The minimum Gasteiger partial charge on any atom is -0.449 e. The lowest BCUT2D eigenvalue weighted by Gasteiger charge is -2.21. The first kappa shape index (κ1) is 21.8. The van der Waals surface area contributed by atoms with Crippen LogP contribution in [0.25, 0.3) is 0 Å². The van der Waals surface area contributed by atoms with Gasteiger partial charge in [0.1, 0.15) is 0 Å². The van der Waals surface area contributed by atoms with Gasteiger partial charge in [-0.1, -0.05) is 0 Å². The number of hydrogen-bond donors (Lipinski definition) is 1. The van der Waals surface area contributed by atoms with Crippen LogP contribution in [0.1, 0.15) is 31.1 Å². The number of nitrogens with zero attached hydrogens (tertiary/aromatic N) is 2. The molecule has 0 aliphatic carbocycles. The Morgan fingerprint density at radius 2 is 1.79 bits per heavy atom. The van der Waals surface area contributed by atoms with Gasteiger partial charge in [0.05, 0.1) is 10.5 Å². The number of nitro groups is 1. The van der Waals surface area contributed by atoms with Gasteiger partial charge in [-0.3, -0.25) is 14.9 Å². The molecule has 154 valence electrons. The summed E-state index contributed by atoms with van der Waals surface area (Å²) in [4.78, 5) is 36.5. The highest BCUT2D eigenvalue weighted by atomic mass is 19.1. The largest absolute Gasteiger partial charge is 0.449 e. The van der Waals surface area contributed by atoms with Crippen molar-refractivity contribution >= 4 is 28.9 Å². The van der Waals surface area contributed by atoms with Crippen molar-refractivity contribution in [2.24, 2.45) is 0 Å². The van der Waals surface area contributed by atoms with Crippen molar-refractivity contribution in [2.75, 3.05) is 23.3 Å². The van der Waals surface area contributed by atoms with Gasteiger partial charge in [0.25, 0.3) is 5.91 Å². The molecule has 0 bridgehead atoms. The van der Waals surface area contributed by atoms with Crippen LogP contribution < -0.4 is 10.2 Å². The molecular weight excluding hydrogens is 381 g/mol. The molecule has 2 rings (SSSR count). The number of ether oxygens (including phenoxy) is 1. The zero-order valence-corrected chi connectivity index (χ0v) is 16.3. The Morgan fingerprint density at radius 3 is 2.34 bits per heavy atom. The van der Waals surface area contributed by atoms with E-state index >= 15 is 0 Å². The van der Waals surface area contributed by atoms with Crippen LogP contribution in [-0.4, -0.2) is 36.0 Å². The molecule has 0 unspecified atom stereocenters. The number of carbonyl (C=O) groups is 2. The number of carbonyl (C=O) groups excluding carboxylic acids is 2. The van der Waals surface area contributed by atoms with E-state index in [1.165, 1.54) is 13.0 Å². The van der Waals surface area contributed by atoms with Gasteiger partial charge in [0.15, 0.2) is 6.10 Å². The lowest BCUT2D eigenvalue weighted by molar-refractivity contribution is -0.387. The fraction of sp³-hybridized carbons (Fsp3) is 0.300. The molecule has 29 heavy (non-hydrogen) atoms. The Hall–Kier alpha value is -3.49. The van der Waals surface area contributed by atoms with Crippen LogP contribution in [0.15, 0.2) is 42.5 Å². The fourth-order valence-electron chi connectivity index (χ4n) is 2.65. The van der Waals surface area contributed by atoms with Gasteiger partial charge < -0.3 is 15.0 Å². The van der Waals surface area contributed by atoms with Gasteiger partial charge in [-0.2, -0.15) is 4.39 Å². The third kappa shape index (κ3) is 5.50. The van der Waals surface area contributed by atoms with Crippen LogP contribution in [-0.2, 0) is 9.53 Å². The van der Waals surface area contributed by atoms with E-state index in [9.17, 15) is 24.1 Å². The number of hydrogen-bond acceptors (Lipinski definition) is 6. The van der Waals surface area contributed by atoms with Gasteiger partial charge in [0, 0.05) is 30.5 Å². The lowest BCUT2D eigenvalue weighted by Crippen LogP contribution is -2.30. The van der Waals surface area contributed by atoms with E-state index < -0.39 is 34.4 Å². The standard InChI is InChI=1S/C20H22FN3O5/c1-4-23(5-2)16-9-6-14(7-10-16)20(26)29-13(3)19(25)22-15-8-11-17(21)18(12-15)24(27)28/h6-13H,4-5H2,1-3H3,(H,22,25)/t13-/m0/s1. The molecule has 1 amide bonds. The SMILES string of the molecule is CCN(CC)c1ccc(C(=O)O[C@@H](C)C(=O)Nc2ccc(F)c([N+](=O)[O-])c2)cc1. The quantitative estimate of drug-likeness (QED) is 0.409. The number of esters is 1. The highest BCUT2D eigenvalue weighted by molar-refractivity contribution is 5.97. The molecule has 0 aliphatic heterocycles. The predicted molar refractivity (Wildman–Crippen MR) is 107 cm³/mol. The molecule has 1 atom stereocenters. The van der Waals surface area contributed by atoms with Gasteiger partial charge in [0.2, 0.25) is 5.82 Å². The van der Waals surface area contributed by atoms with Gasteiger partial charge in [-0.25, -0.2) is 4.79 Å². The Morgan fingerprint density at radius 1 is 1.17 bits per heavy atom. The van der Waals surface area contributed by atoms with E-state index in [0.717, 1.165) is 30.9 Å². The minimum absolute atomic E-state index is 0.0228. The van der Waals surface area contributed by atoms with Gasteiger partial charge in [-0.15, -0.1) is 0 Å². The van der Waals surface area contributed by atoms with Crippen LogP contribution in [0.5, 0.6) is 0 Å². The van der Waals surface area contributed by atoms with Crippen LogP contribution in [0.4, 0.5) is 21.5 Å². The zero-order valence-electron chi connectivity index (χ0n) is 16.3. The number of nitro benzene ring substituents is 1. The first-order valence-electron chi connectivity index (χ1n) is 9.07. The average Bonchev–Trinajstić information content (AvgIpc) is 2.70. The molecular formula is C20H22FN3O5. The number of rotatable bonds is 8. The zero-order chi connectivity index (χ0) is 21.6. The van der Waals surface area contributed by atoms with E-state index in [4.69, 9.17) is 4.74 Å². The molecule has 8 nitrogen and oxygen atoms in total. The summed E-state index contributed by atoms with van der Waals surface area (Å²) >= 11 is 0. The summed E-state index contributed by atoms with van der Waals surface area (Å²) in [6.07, 6.45) is -1.16. The molecule has 1 N–H and O–H groups in total. The number of amides is 1. The van der Waals surface area contributed by atoms with E-state index in [2.05, 4.69) is 10.2 Å². The average molecular weight is 403 g/mol. The molecule has 0 heterocycles. The van der Waals surface area contributed by atoms with Crippen LogP contribution >= 0.6 is 0 Å². The van der Waals surface area contributed by atoms with Crippen molar-refractivity contribution in [1.82, 2.24) is 0 Å². The molecule has 0 spiro atoms. The van der Waals surface area contributed by atoms with Crippen molar-refractivity contribution in [1.29, 1.82) is 0 Å². The molecule has 0 fully saturated rings. The summed E-state index contributed by atoms with van der Waals surface area (Å²) in [6, 6.07) is 9.78. The highest BCUT2D eigenvalue weighted by Gasteiger charge is 2.21. The summed E-state index contributed by atoms with van der Waals surface area (Å²) < 4.78 is 18.5. The Balaban J connectivity index is 2.01. The van der Waals surface area contributed by atoms with Crippen molar-refractivity contribution in [3.63, 3.8) is 0 Å². The van der Waals surface area contributed by atoms with Crippen LogP contribution in [0.3, 0.4) is 0 Å². The third-order valence-electron chi connectivity index (χ3n) is 4.30. The monoisotopic (exact) mass is 403 g/mol. The molecule has 2 aromatic rings. The summed E-state index contributed by atoms with van der Waals surface area (Å²) in [5, 5.41) is 13.1. The molecule has 2 aromatic carbocycles. The number of benzene rings is 2. The summed E-state index contributed by atoms with van der Waals surface area (Å²) in [5.74, 6) is -2.39. The van der Waals surface area contributed by atoms with Gasteiger partial charge in [-0.05, 0) is 57.2 Å². The number of nitrogens with one attached hydrogen (secondary N) is 1. The Kier molecular flexibility index (Phi) is 7.24. The van der Waals surface area contributed by atoms with Crippen molar-refractivity contribution in [3.05, 3.63) is 64.0 Å². The molecule has 9 heteroatoms. The topological polar surface area (TPSA) is 102 Å². The second-order valence-electron chi connectivity index (χ2n) is 6.18. The summed E-state index contributed by atoms with van der Waals surface area (Å²) in [5.41, 5.74) is 0.517. The Bertz CT molecular complexity index is 897. The van der Waals surface area contributed by atoms with E-state index in [1.54, 1.807) is 24.3 Å². The van der Waals surface area contributed by atoms with Crippen molar-refractivity contribution in [2.45, 2.75) is 26.9 Å². The van der Waals surface area contributed by atoms with Crippen molar-refractivity contribution < 1.29 is 23.6 Å². The normalized spacial score (nSPS) is 11.4. The molecule has 0 aliphatic rings. The first-order chi connectivity index (χ1) is 13.8. The first-order valence-corrected chi connectivity index (χ1v) is 9.07. The van der Waals surface area contributed by atoms with Crippen LogP contribution in [0.2, 0.25) is 0 Å². The second-order valence-corrected chi connectivity index (χ2v) is 6.18. The third-order valence-corrected chi connectivity index (χ3v) is 4.30. The van der Waals surface area contributed by atoms with E-state index in [1.807, 2.05) is 13.8 Å². The van der Waals surface area contributed by atoms with Gasteiger partial charge >= 0.3 is 11.7 Å². The number of halogens is 1. The summed E-state index contributed by atoms with van der Waals surface area (Å²) in [6.45, 7) is 7.09. The summed E-state index contributed by atoms with van der Waals surface area (Å²) in [7, 11) is 0. The molecule has 0 radical (unpaired) electrons. The molecule has 0 saturated heterocycles. The minimum atomic E-state index is -1.16. The molecule has 0 saturated carbocycles. The maximum atomic E-state index is 13.4. The number of anilines is 2. The predicted octanol–water partition coefficient (Wildman–Crippen LogP) is 3.76. The fourth-order valence-corrected chi connectivity index (χ4v) is 2.65. The Labute approximate surface area is 167 Å². The maximum absolute atomic E-state index is 13.4. The molecule has 0 aromatic heterocycles. The highest BCUT2D eigenvalue weighted by Crippen LogP contribution is 2.22. The second kappa shape index (κ2) is 9.63. The van der Waals surface area contributed by atoms with E-state index in [-0.39, 0.29) is 11.3 Å². The maximum Gasteiger partial charge on any atom is 0.338 e. The lowest BCUT2D eigenvalue weighted by atomic mass is 10.2. The van der Waals surface area contributed by atoms with Crippen LogP contribution in [0, 0.1) is 15.9 Å². The van der Waals surface area contributed by atoms with Crippen molar-refractivity contribution in [3.8, 4) is 0 Å². The van der Waals surface area contributed by atoms with E-state index in [0.29, 0.717) is 0 Å².